The van der Waals surface area contributed by atoms with Gasteiger partial charge in [0.15, 0.2) is 13.0 Å². The minimum Gasteiger partial charge on any atom is -0.507 e. The van der Waals surface area contributed by atoms with Gasteiger partial charge in [0.2, 0.25) is 0 Å². The molecule has 0 saturated carbocycles. The summed E-state index contributed by atoms with van der Waals surface area (Å²) in [5.41, 5.74) is 0.190. The maximum Gasteiger partial charge on any atom is 0.312 e. The molecule has 2 N–H and O–H groups in total. The minimum atomic E-state index is -1.10. The number of hydrogen-bond acceptors (Lipinski definition) is 6. The van der Waals surface area contributed by atoms with Gasteiger partial charge >= 0.3 is 5.97 Å². The molecule has 108 valence electrons. The second kappa shape index (κ2) is 5.13. The number of benzene rings is 1. The second-order valence-corrected chi connectivity index (χ2v) is 5.65. The predicted octanol–water partition coefficient (Wildman–Crippen LogP) is 1.91. The van der Waals surface area contributed by atoms with Gasteiger partial charge in [-0.05, 0) is 32.9 Å². The van der Waals surface area contributed by atoms with Crippen LogP contribution in [0.3, 0.4) is 0 Å². The van der Waals surface area contributed by atoms with E-state index < -0.39 is 11.6 Å². The van der Waals surface area contributed by atoms with Crippen LogP contribution in [0.2, 0.25) is 0 Å². The standard InChI is InChI=1S/C14H18N2O4/c1-14(2,3)13(19)20-8-16-7-15-9-5-4-6-10(17)11(9)12(16)18/h4-7,12,17-18H,8H2,1-3H3. The lowest BCUT2D eigenvalue weighted by Gasteiger charge is -2.30. The lowest BCUT2D eigenvalue weighted by atomic mass is 9.97. The first-order valence-corrected chi connectivity index (χ1v) is 6.28. The zero-order valence-corrected chi connectivity index (χ0v) is 11.7. The van der Waals surface area contributed by atoms with Crippen LogP contribution >= 0.6 is 0 Å². The molecule has 20 heavy (non-hydrogen) atoms. The highest BCUT2D eigenvalue weighted by molar-refractivity contribution is 5.75. The zero-order chi connectivity index (χ0) is 14.9. The Labute approximate surface area is 117 Å². The van der Waals surface area contributed by atoms with E-state index in [0.29, 0.717) is 11.3 Å². The number of phenolic OH excluding ortho intramolecular Hbond substituents is 1. The van der Waals surface area contributed by atoms with Gasteiger partial charge in [-0.1, -0.05) is 6.07 Å². The number of aromatic hydroxyl groups is 1. The molecule has 1 aromatic carbocycles. The first kappa shape index (κ1) is 14.3. The van der Waals surface area contributed by atoms with Gasteiger partial charge in [0.25, 0.3) is 0 Å². The lowest BCUT2D eigenvalue weighted by Crippen LogP contribution is -2.35. The lowest BCUT2D eigenvalue weighted by molar-refractivity contribution is -0.159. The van der Waals surface area contributed by atoms with E-state index in [2.05, 4.69) is 4.99 Å². The number of ether oxygens (including phenoxy) is 1. The Kier molecular flexibility index (Phi) is 3.67. The van der Waals surface area contributed by atoms with Crippen molar-refractivity contribution >= 4 is 18.0 Å². The van der Waals surface area contributed by atoms with Crippen LogP contribution in [0, 0.1) is 5.41 Å². The number of nitrogens with zero attached hydrogens (tertiary/aromatic N) is 2. The third-order valence-electron chi connectivity index (χ3n) is 2.93. The number of aliphatic imine (C=N–C) groups is 1. The fourth-order valence-corrected chi connectivity index (χ4v) is 1.74. The van der Waals surface area contributed by atoms with E-state index in [-0.39, 0.29) is 18.4 Å². The molecular weight excluding hydrogens is 260 g/mol. The molecule has 6 heteroatoms. The first-order valence-electron chi connectivity index (χ1n) is 6.28. The van der Waals surface area contributed by atoms with Crippen molar-refractivity contribution in [2.75, 3.05) is 6.73 Å². The Bertz CT molecular complexity index is 549. The normalized spacial score (nSPS) is 17.8. The van der Waals surface area contributed by atoms with E-state index in [0.717, 1.165) is 0 Å². The van der Waals surface area contributed by atoms with Crippen molar-refractivity contribution in [2.24, 2.45) is 10.4 Å². The molecule has 0 spiro atoms. The van der Waals surface area contributed by atoms with Gasteiger partial charge in [0.05, 0.1) is 23.0 Å². The van der Waals surface area contributed by atoms with E-state index in [1.165, 1.54) is 17.3 Å². The number of aliphatic hydroxyl groups is 1. The van der Waals surface area contributed by atoms with Gasteiger partial charge < -0.3 is 14.9 Å². The molecule has 1 atom stereocenters. The number of fused-ring (bicyclic) bond motifs is 1. The summed E-state index contributed by atoms with van der Waals surface area (Å²) in [4.78, 5) is 17.2. The van der Waals surface area contributed by atoms with Crippen LogP contribution in [-0.4, -0.2) is 34.2 Å². The maximum atomic E-state index is 11.7. The highest BCUT2D eigenvalue weighted by atomic mass is 16.5. The summed E-state index contributed by atoms with van der Waals surface area (Å²) in [7, 11) is 0. The van der Waals surface area contributed by atoms with Gasteiger partial charge in [-0.3, -0.25) is 9.69 Å². The summed E-state index contributed by atoms with van der Waals surface area (Å²) in [6.07, 6.45) is 0.291. The topological polar surface area (TPSA) is 82.4 Å². The Morgan fingerprint density at radius 2 is 2.15 bits per heavy atom. The number of hydrogen-bond donors (Lipinski definition) is 2. The average Bonchev–Trinajstić information content (AvgIpc) is 2.36. The summed E-state index contributed by atoms with van der Waals surface area (Å²) in [5, 5.41) is 20.0. The van der Waals surface area contributed by atoms with Crippen molar-refractivity contribution in [2.45, 2.75) is 27.0 Å². The highest BCUT2D eigenvalue weighted by Gasteiger charge is 2.28. The largest absolute Gasteiger partial charge is 0.507 e. The third kappa shape index (κ3) is 2.75. The Balaban J connectivity index is 2.10. The van der Waals surface area contributed by atoms with Crippen molar-refractivity contribution in [3.8, 4) is 5.75 Å². The molecule has 6 nitrogen and oxygen atoms in total. The molecule has 1 unspecified atom stereocenters. The molecule has 1 aliphatic heterocycles. The van der Waals surface area contributed by atoms with Crippen molar-refractivity contribution in [1.29, 1.82) is 0 Å². The SMILES string of the molecule is CC(C)(C)C(=O)OCN1C=Nc2cccc(O)c2C1O. The third-order valence-corrected chi connectivity index (χ3v) is 2.93. The average molecular weight is 278 g/mol. The van der Waals surface area contributed by atoms with Gasteiger partial charge in [0, 0.05) is 0 Å². The molecule has 0 saturated heterocycles. The van der Waals surface area contributed by atoms with Crippen LogP contribution in [-0.2, 0) is 9.53 Å². The molecule has 2 rings (SSSR count). The van der Waals surface area contributed by atoms with Crippen molar-refractivity contribution in [1.82, 2.24) is 4.90 Å². The molecule has 1 aromatic rings. The van der Waals surface area contributed by atoms with Crippen molar-refractivity contribution < 1.29 is 19.7 Å². The Hall–Kier alpha value is -2.08. The van der Waals surface area contributed by atoms with E-state index in [9.17, 15) is 15.0 Å². The number of phenols is 1. The minimum absolute atomic E-state index is 0.0426. The van der Waals surface area contributed by atoms with Crippen LogP contribution in [0.4, 0.5) is 5.69 Å². The quantitative estimate of drug-likeness (QED) is 0.807. The highest BCUT2D eigenvalue weighted by Crippen LogP contribution is 2.37. The predicted molar refractivity (Wildman–Crippen MR) is 73.5 cm³/mol. The number of esters is 1. The summed E-state index contributed by atoms with van der Waals surface area (Å²) < 4.78 is 5.13. The number of aliphatic hydroxyl groups excluding tert-OH is 1. The summed E-state index contributed by atoms with van der Waals surface area (Å²) in [6.45, 7) is 5.11. The molecule has 0 amide bonds. The maximum absolute atomic E-state index is 11.7. The zero-order valence-electron chi connectivity index (χ0n) is 11.7. The van der Waals surface area contributed by atoms with Gasteiger partial charge in [-0.25, -0.2) is 4.99 Å². The monoisotopic (exact) mass is 278 g/mol. The van der Waals surface area contributed by atoms with Crippen LogP contribution in [0.5, 0.6) is 5.75 Å². The van der Waals surface area contributed by atoms with Gasteiger partial charge in [0.1, 0.15) is 5.75 Å². The number of carbonyl (C=O) groups excluding carboxylic acids is 1. The summed E-state index contributed by atoms with van der Waals surface area (Å²) in [5.74, 6) is -0.417. The van der Waals surface area contributed by atoms with Crippen LogP contribution in [0.1, 0.15) is 32.6 Å². The van der Waals surface area contributed by atoms with Gasteiger partial charge in [-0.15, -0.1) is 0 Å². The Morgan fingerprint density at radius 3 is 2.80 bits per heavy atom. The molecule has 0 aliphatic carbocycles. The fourth-order valence-electron chi connectivity index (χ4n) is 1.74. The van der Waals surface area contributed by atoms with E-state index in [4.69, 9.17) is 4.74 Å². The van der Waals surface area contributed by atoms with Crippen LogP contribution < -0.4 is 0 Å². The number of rotatable bonds is 2. The van der Waals surface area contributed by atoms with Crippen molar-refractivity contribution in [3.63, 3.8) is 0 Å². The van der Waals surface area contributed by atoms with Crippen LogP contribution in [0.15, 0.2) is 23.2 Å². The Morgan fingerprint density at radius 1 is 1.45 bits per heavy atom. The van der Waals surface area contributed by atoms with E-state index >= 15 is 0 Å². The molecular formula is C14H18N2O4. The fraction of sp³-hybridized carbons (Fsp3) is 0.429. The van der Waals surface area contributed by atoms with Crippen molar-refractivity contribution in [3.05, 3.63) is 23.8 Å². The second-order valence-electron chi connectivity index (χ2n) is 5.65. The molecule has 0 radical (unpaired) electrons. The smallest absolute Gasteiger partial charge is 0.312 e. The summed E-state index contributed by atoms with van der Waals surface area (Å²) >= 11 is 0. The number of carbonyl (C=O) groups is 1. The molecule has 1 heterocycles. The summed E-state index contributed by atoms with van der Waals surface area (Å²) in [6, 6.07) is 4.81. The molecule has 0 fully saturated rings. The molecule has 0 bridgehead atoms. The van der Waals surface area contributed by atoms with E-state index in [1.54, 1.807) is 32.9 Å². The molecule has 1 aliphatic rings. The molecule has 0 aromatic heterocycles. The van der Waals surface area contributed by atoms with Gasteiger partial charge in [-0.2, -0.15) is 0 Å². The first-order chi connectivity index (χ1) is 9.30. The van der Waals surface area contributed by atoms with Crippen LogP contribution in [0.25, 0.3) is 0 Å². The van der Waals surface area contributed by atoms with E-state index in [1.807, 2.05) is 0 Å².